The summed E-state index contributed by atoms with van der Waals surface area (Å²) in [6.45, 7) is 5.65. The summed E-state index contributed by atoms with van der Waals surface area (Å²) < 4.78 is 13.9. The molecule has 25 heavy (non-hydrogen) atoms. The van der Waals surface area contributed by atoms with Crippen molar-refractivity contribution in [3.63, 3.8) is 0 Å². The van der Waals surface area contributed by atoms with Gasteiger partial charge in [-0.25, -0.2) is 19.3 Å². The summed E-state index contributed by atoms with van der Waals surface area (Å²) in [5.41, 5.74) is 2.85. The second-order valence-corrected chi connectivity index (χ2v) is 6.77. The predicted octanol–water partition coefficient (Wildman–Crippen LogP) is 4.15. The minimum Gasteiger partial charge on any atom is -0.321 e. The lowest BCUT2D eigenvalue weighted by atomic mass is 10.1. The Kier molecular flexibility index (Phi) is 4.94. The topological polar surface area (TPSA) is 67.8 Å². The maximum absolute atomic E-state index is 13.9. The van der Waals surface area contributed by atoms with Crippen molar-refractivity contribution in [1.82, 2.24) is 15.0 Å². The van der Waals surface area contributed by atoms with E-state index in [9.17, 15) is 9.18 Å². The first-order valence-corrected chi connectivity index (χ1v) is 8.81. The number of carbonyl (C=O) groups is 1. The molecular formula is C18H17FN4OS. The average Bonchev–Trinajstić information content (AvgIpc) is 2.57. The van der Waals surface area contributed by atoms with E-state index in [0.717, 1.165) is 10.8 Å². The molecule has 0 spiro atoms. The number of benzene rings is 1. The van der Waals surface area contributed by atoms with Crippen molar-refractivity contribution < 1.29 is 9.18 Å². The third-order valence-electron chi connectivity index (χ3n) is 3.68. The Morgan fingerprint density at radius 1 is 1.20 bits per heavy atom. The Bertz CT molecular complexity index is 944. The van der Waals surface area contributed by atoms with Crippen LogP contribution < -0.4 is 5.32 Å². The first-order chi connectivity index (χ1) is 12.0. The number of thioether (sulfide) groups is 1. The summed E-state index contributed by atoms with van der Waals surface area (Å²) in [5.74, 6) is -0.0476. The number of anilines is 1. The largest absolute Gasteiger partial charge is 0.321 e. The molecular weight excluding hydrogens is 339 g/mol. The molecule has 0 radical (unpaired) electrons. The van der Waals surface area contributed by atoms with Gasteiger partial charge in [-0.05, 0) is 37.8 Å². The summed E-state index contributed by atoms with van der Waals surface area (Å²) in [6, 6.07) is 6.06. The van der Waals surface area contributed by atoms with E-state index >= 15 is 0 Å². The molecule has 0 aliphatic carbocycles. The van der Waals surface area contributed by atoms with Crippen molar-refractivity contribution in [3.8, 4) is 0 Å². The van der Waals surface area contributed by atoms with Gasteiger partial charge in [0.25, 0.3) is 5.91 Å². The maximum Gasteiger partial charge on any atom is 0.258 e. The van der Waals surface area contributed by atoms with Crippen molar-refractivity contribution in [2.75, 3.05) is 11.1 Å². The predicted molar refractivity (Wildman–Crippen MR) is 97.6 cm³/mol. The van der Waals surface area contributed by atoms with Crippen molar-refractivity contribution in [3.05, 3.63) is 53.2 Å². The molecule has 1 amide bonds. The van der Waals surface area contributed by atoms with Gasteiger partial charge in [0.05, 0.1) is 39.4 Å². The third kappa shape index (κ3) is 3.76. The van der Waals surface area contributed by atoms with Crippen LogP contribution in [0.25, 0.3) is 11.0 Å². The van der Waals surface area contributed by atoms with E-state index in [1.54, 1.807) is 37.9 Å². The van der Waals surface area contributed by atoms with Crippen LogP contribution in [0.4, 0.5) is 10.1 Å². The Labute approximate surface area is 149 Å². The lowest BCUT2D eigenvalue weighted by Crippen LogP contribution is -2.14. The molecule has 3 rings (SSSR count). The Balaban J connectivity index is 1.95. The number of amides is 1. The molecule has 0 aliphatic heterocycles. The van der Waals surface area contributed by atoms with Gasteiger partial charge in [0, 0.05) is 6.07 Å². The Hall–Kier alpha value is -2.54. The number of pyridine rings is 1. The minimum atomic E-state index is -0.525. The second-order valence-electron chi connectivity index (χ2n) is 5.49. The van der Waals surface area contributed by atoms with Crippen LogP contribution in [-0.4, -0.2) is 26.6 Å². The molecule has 0 bridgehead atoms. The fraction of sp³-hybridized carbons (Fsp3) is 0.222. The SMILES string of the molecule is CCSc1ccc(NC(=O)c2cc(F)cc3nc(C)c(C)nc23)cn1. The zero-order chi connectivity index (χ0) is 18.0. The normalized spacial score (nSPS) is 10.9. The maximum atomic E-state index is 13.9. The van der Waals surface area contributed by atoms with Gasteiger partial charge in [-0.3, -0.25) is 4.79 Å². The quantitative estimate of drug-likeness (QED) is 0.712. The standard InChI is InChI=1S/C18H17FN4OS/c1-4-25-16-6-5-13(9-20-16)23-18(24)14-7-12(19)8-15-17(14)22-11(3)10(2)21-15/h5-9H,4H2,1-3H3,(H,23,24). The first-order valence-electron chi connectivity index (χ1n) is 7.82. The third-order valence-corrected chi connectivity index (χ3v) is 4.50. The molecule has 2 aromatic heterocycles. The van der Waals surface area contributed by atoms with Gasteiger partial charge in [0.2, 0.25) is 0 Å². The summed E-state index contributed by atoms with van der Waals surface area (Å²) in [5, 5.41) is 3.62. The lowest BCUT2D eigenvalue weighted by molar-refractivity contribution is 0.102. The number of nitrogens with one attached hydrogen (secondary N) is 1. The van der Waals surface area contributed by atoms with Crippen LogP contribution in [0, 0.1) is 19.7 Å². The number of hydrogen-bond acceptors (Lipinski definition) is 5. The molecule has 0 atom stereocenters. The van der Waals surface area contributed by atoms with Crippen LogP contribution in [0.1, 0.15) is 28.7 Å². The highest BCUT2D eigenvalue weighted by Crippen LogP contribution is 2.21. The molecule has 3 aromatic rings. The van der Waals surface area contributed by atoms with E-state index in [1.165, 1.54) is 12.1 Å². The number of aromatic nitrogens is 3. The molecule has 128 valence electrons. The van der Waals surface area contributed by atoms with Gasteiger partial charge in [-0.2, -0.15) is 0 Å². The van der Waals surface area contributed by atoms with Crippen LogP contribution in [0.15, 0.2) is 35.5 Å². The highest BCUT2D eigenvalue weighted by molar-refractivity contribution is 7.99. The van der Waals surface area contributed by atoms with Crippen molar-refractivity contribution >= 4 is 34.4 Å². The van der Waals surface area contributed by atoms with Crippen LogP contribution in [0.2, 0.25) is 0 Å². The number of rotatable bonds is 4. The summed E-state index contributed by atoms with van der Waals surface area (Å²) in [4.78, 5) is 25.6. The van der Waals surface area contributed by atoms with Gasteiger partial charge in [-0.15, -0.1) is 11.8 Å². The molecule has 1 aromatic carbocycles. The van der Waals surface area contributed by atoms with E-state index < -0.39 is 11.7 Å². The lowest BCUT2D eigenvalue weighted by Gasteiger charge is -2.09. The molecule has 0 unspecified atom stereocenters. The van der Waals surface area contributed by atoms with Gasteiger partial charge in [0.1, 0.15) is 11.3 Å². The highest BCUT2D eigenvalue weighted by atomic mass is 32.2. The van der Waals surface area contributed by atoms with Crippen LogP contribution in [0.3, 0.4) is 0 Å². The fourth-order valence-electron chi connectivity index (χ4n) is 2.36. The molecule has 0 aliphatic rings. The molecule has 1 N–H and O–H groups in total. The number of carbonyl (C=O) groups excluding carboxylic acids is 1. The summed E-state index contributed by atoms with van der Waals surface area (Å²) >= 11 is 1.61. The van der Waals surface area contributed by atoms with Crippen LogP contribution >= 0.6 is 11.8 Å². The van der Waals surface area contributed by atoms with E-state index in [1.807, 2.05) is 13.0 Å². The van der Waals surface area contributed by atoms with Gasteiger partial charge in [0.15, 0.2) is 0 Å². The zero-order valence-electron chi connectivity index (χ0n) is 14.1. The first kappa shape index (κ1) is 17.3. The van der Waals surface area contributed by atoms with Gasteiger partial charge in [-0.1, -0.05) is 6.92 Å². The average molecular weight is 356 g/mol. The number of hydrogen-bond donors (Lipinski definition) is 1. The molecule has 0 saturated heterocycles. The Morgan fingerprint density at radius 2 is 1.96 bits per heavy atom. The smallest absolute Gasteiger partial charge is 0.258 e. The van der Waals surface area contributed by atoms with Crippen molar-refractivity contribution in [2.45, 2.75) is 25.8 Å². The molecule has 0 fully saturated rings. The van der Waals surface area contributed by atoms with Crippen LogP contribution in [0.5, 0.6) is 0 Å². The second kappa shape index (κ2) is 7.14. The van der Waals surface area contributed by atoms with Crippen molar-refractivity contribution in [1.29, 1.82) is 0 Å². The number of aryl methyl sites for hydroxylation is 2. The zero-order valence-corrected chi connectivity index (χ0v) is 14.9. The van der Waals surface area contributed by atoms with Crippen LogP contribution in [-0.2, 0) is 0 Å². The van der Waals surface area contributed by atoms with Crippen molar-refractivity contribution in [2.24, 2.45) is 0 Å². The van der Waals surface area contributed by atoms with E-state index in [0.29, 0.717) is 28.1 Å². The number of fused-ring (bicyclic) bond motifs is 1. The Morgan fingerprint density at radius 3 is 2.64 bits per heavy atom. The van der Waals surface area contributed by atoms with Gasteiger partial charge >= 0.3 is 0 Å². The molecule has 2 heterocycles. The summed E-state index contributed by atoms with van der Waals surface area (Å²) in [6.07, 6.45) is 1.58. The molecule has 0 saturated carbocycles. The molecule has 7 heteroatoms. The number of halogens is 1. The van der Waals surface area contributed by atoms with E-state index in [-0.39, 0.29) is 5.56 Å². The van der Waals surface area contributed by atoms with E-state index in [4.69, 9.17) is 0 Å². The monoisotopic (exact) mass is 356 g/mol. The number of nitrogens with zero attached hydrogens (tertiary/aromatic N) is 3. The minimum absolute atomic E-state index is 0.151. The fourth-order valence-corrected chi connectivity index (χ4v) is 2.94. The summed E-state index contributed by atoms with van der Waals surface area (Å²) in [7, 11) is 0. The van der Waals surface area contributed by atoms with E-state index in [2.05, 4.69) is 20.3 Å². The highest BCUT2D eigenvalue weighted by Gasteiger charge is 2.16. The van der Waals surface area contributed by atoms with Gasteiger partial charge < -0.3 is 5.32 Å². The molecule has 5 nitrogen and oxygen atoms in total.